The molecule has 0 radical (unpaired) electrons. The Balaban J connectivity index is 1.50. The minimum Gasteiger partial charge on any atom is -0.379 e. The van der Waals surface area contributed by atoms with E-state index in [4.69, 9.17) is 28.6 Å². The fourth-order valence-electron chi connectivity index (χ4n) is 3.22. The van der Waals surface area contributed by atoms with Gasteiger partial charge in [0.2, 0.25) is 5.95 Å². The Morgan fingerprint density at radius 3 is 2.58 bits per heavy atom. The van der Waals surface area contributed by atoms with E-state index in [0.717, 1.165) is 58.3 Å². The molecule has 0 aromatic carbocycles. The molecule has 3 rings (SSSR count). The summed E-state index contributed by atoms with van der Waals surface area (Å²) in [5, 5.41) is 7.21. The number of anilines is 2. The van der Waals surface area contributed by atoms with E-state index in [1.54, 1.807) is 0 Å². The first kappa shape index (κ1) is 19.5. The molecule has 0 spiro atoms. The van der Waals surface area contributed by atoms with Crippen LogP contribution < -0.4 is 15.5 Å². The van der Waals surface area contributed by atoms with E-state index in [0.29, 0.717) is 16.2 Å². The van der Waals surface area contributed by atoms with Gasteiger partial charge >= 0.3 is 0 Å². The summed E-state index contributed by atoms with van der Waals surface area (Å²) < 4.78 is 5.35. The Morgan fingerprint density at radius 1 is 1.12 bits per heavy atom. The molecular weight excluding hydrogens is 372 g/mol. The lowest BCUT2D eigenvalue weighted by atomic mass is 10.2. The van der Waals surface area contributed by atoms with Gasteiger partial charge in [-0.3, -0.25) is 4.90 Å². The predicted octanol–water partition coefficient (Wildman–Crippen LogP) is 2.13. The molecular formula is C17H27ClN6OS. The molecule has 144 valence electrons. The zero-order valence-electron chi connectivity index (χ0n) is 15.0. The minimum absolute atomic E-state index is 0.429. The molecule has 2 aliphatic heterocycles. The summed E-state index contributed by atoms with van der Waals surface area (Å²) in [6.45, 7) is 7.27. The molecule has 1 aromatic rings. The summed E-state index contributed by atoms with van der Waals surface area (Å²) in [7, 11) is 0. The molecule has 0 aliphatic carbocycles. The third kappa shape index (κ3) is 6.19. The fraction of sp³-hybridized carbons (Fsp3) is 0.706. The van der Waals surface area contributed by atoms with Gasteiger partial charge in [-0.15, -0.1) is 0 Å². The van der Waals surface area contributed by atoms with Crippen LogP contribution in [0.1, 0.15) is 25.7 Å². The van der Waals surface area contributed by atoms with Crippen LogP contribution in [0.4, 0.5) is 11.8 Å². The van der Waals surface area contributed by atoms with Gasteiger partial charge in [-0.2, -0.15) is 4.98 Å². The number of hydrogen-bond donors (Lipinski definition) is 2. The number of morpholine rings is 1. The fourth-order valence-corrected chi connectivity index (χ4v) is 3.59. The van der Waals surface area contributed by atoms with Gasteiger partial charge in [0, 0.05) is 45.3 Å². The highest BCUT2D eigenvalue weighted by atomic mass is 35.5. The van der Waals surface area contributed by atoms with Crippen LogP contribution in [0.2, 0.25) is 5.15 Å². The van der Waals surface area contributed by atoms with Crippen molar-refractivity contribution < 1.29 is 4.74 Å². The van der Waals surface area contributed by atoms with Crippen LogP contribution in [0.3, 0.4) is 0 Å². The van der Waals surface area contributed by atoms with E-state index in [-0.39, 0.29) is 0 Å². The van der Waals surface area contributed by atoms with Gasteiger partial charge in [0.25, 0.3) is 0 Å². The first-order valence-corrected chi connectivity index (χ1v) is 10.1. The predicted molar refractivity (Wildman–Crippen MR) is 109 cm³/mol. The van der Waals surface area contributed by atoms with E-state index in [2.05, 4.69) is 30.4 Å². The number of halogens is 1. The molecule has 7 nitrogen and oxygen atoms in total. The molecule has 9 heteroatoms. The van der Waals surface area contributed by atoms with Gasteiger partial charge in [0.05, 0.1) is 13.2 Å². The number of nitrogens with zero attached hydrogens (tertiary/aromatic N) is 4. The van der Waals surface area contributed by atoms with E-state index >= 15 is 0 Å². The molecule has 0 unspecified atom stereocenters. The van der Waals surface area contributed by atoms with Crippen molar-refractivity contribution in [2.75, 3.05) is 62.7 Å². The molecule has 2 aliphatic rings. The van der Waals surface area contributed by atoms with Gasteiger partial charge in [0.1, 0.15) is 11.0 Å². The standard InChI is InChI=1S/C17H27ClN6OS/c18-14-13-15(24-6-3-1-2-4-7-24)21-16(20-14)22-17(26)19-5-8-23-9-11-25-12-10-23/h13H,1-12H2,(H2,19,20,21,22,26). The SMILES string of the molecule is S=C(NCCN1CCOCC1)Nc1nc(Cl)cc(N2CCCCCC2)n1. The van der Waals surface area contributed by atoms with Crippen molar-refractivity contribution in [3.63, 3.8) is 0 Å². The van der Waals surface area contributed by atoms with E-state index in [1.807, 2.05) is 6.07 Å². The number of thiocarbonyl (C=S) groups is 1. The highest BCUT2D eigenvalue weighted by Gasteiger charge is 2.14. The van der Waals surface area contributed by atoms with Gasteiger partial charge in [-0.05, 0) is 25.1 Å². The van der Waals surface area contributed by atoms with E-state index in [9.17, 15) is 0 Å². The van der Waals surface area contributed by atoms with Crippen molar-refractivity contribution in [1.29, 1.82) is 0 Å². The quantitative estimate of drug-likeness (QED) is 0.577. The molecule has 2 saturated heterocycles. The smallest absolute Gasteiger partial charge is 0.232 e. The summed E-state index contributed by atoms with van der Waals surface area (Å²) >= 11 is 11.6. The molecule has 3 heterocycles. The van der Waals surface area contributed by atoms with Crippen LogP contribution in [0.25, 0.3) is 0 Å². The maximum absolute atomic E-state index is 6.20. The summed E-state index contributed by atoms with van der Waals surface area (Å²) in [6.07, 6.45) is 4.92. The van der Waals surface area contributed by atoms with Crippen molar-refractivity contribution in [2.24, 2.45) is 0 Å². The van der Waals surface area contributed by atoms with Crippen LogP contribution in [0, 0.1) is 0 Å². The van der Waals surface area contributed by atoms with Crippen LogP contribution in [-0.4, -0.2) is 72.5 Å². The van der Waals surface area contributed by atoms with Gasteiger partial charge in [-0.25, -0.2) is 4.98 Å². The largest absolute Gasteiger partial charge is 0.379 e. The van der Waals surface area contributed by atoms with Crippen LogP contribution in [0.15, 0.2) is 6.07 Å². The molecule has 2 N–H and O–H groups in total. The van der Waals surface area contributed by atoms with E-state index in [1.165, 1.54) is 25.7 Å². The van der Waals surface area contributed by atoms with Gasteiger partial charge in [-0.1, -0.05) is 24.4 Å². The van der Waals surface area contributed by atoms with E-state index < -0.39 is 0 Å². The second-order valence-electron chi connectivity index (χ2n) is 6.61. The lowest BCUT2D eigenvalue weighted by Crippen LogP contribution is -2.42. The van der Waals surface area contributed by atoms with Crippen molar-refractivity contribution in [1.82, 2.24) is 20.2 Å². The maximum atomic E-state index is 6.20. The molecule has 2 fully saturated rings. The Hall–Kier alpha value is -1.22. The summed E-state index contributed by atoms with van der Waals surface area (Å²) in [5.41, 5.74) is 0. The first-order chi connectivity index (χ1) is 12.7. The van der Waals surface area contributed by atoms with Crippen LogP contribution in [-0.2, 0) is 4.74 Å². The summed E-state index contributed by atoms with van der Waals surface area (Å²) in [4.78, 5) is 13.5. The number of aromatic nitrogens is 2. The third-order valence-electron chi connectivity index (χ3n) is 4.65. The minimum atomic E-state index is 0.429. The van der Waals surface area contributed by atoms with Gasteiger partial charge < -0.3 is 20.3 Å². The average molecular weight is 399 g/mol. The number of rotatable bonds is 5. The van der Waals surface area contributed by atoms with Crippen molar-refractivity contribution in [3.8, 4) is 0 Å². The second kappa shape index (κ2) is 10.2. The third-order valence-corrected chi connectivity index (χ3v) is 5.09. The Labute approximate surface area is 165 Å². The average Bonchev–Trinajstić information content (AvgIpc) is 2.91. The molecule has 26 heavy (non-hydrogen) atoms. The zero-order valence-corrected chi connectivity index (χ0v) is 16.6. The highest BCUT2D eigenvalue weighted by molar-refractivity contribution is 7.80. The lowest BCUT2D eigenvalue weighted by Gasteiger charge is -2.26. The molecule has 0 bridgehead atoms. The van der Waals surface area contributed by atoms with Crippen LogP contribution >= 0.6 is 23.8 Å². The zero-order chi connectivity index (χ0) is 18.2. The normalized spacial score (nSPS) is 19.0. The molecule has 0 amide bonds. The first-order valence-electron chi connectivity index (χ1n) is 9.35. The second-order valence-corrected chi connectivity index (χ2v) is 7.40. The number of hydrogen-bond acceptors (Lipinski definition) is 6. The summed E-state index contributed by atoms with van der Waals surface area (Å²) in [6, 6.07) is 1.83. The molecule has 0 saturated carbocycles. The molecule has 0 atom stereocenters. The van der Waals surface area contributed by atoms with Gasteiger partial charge in [0.15, 0.2) is 5.11 Å². The number of nitrogens with one attached hydrogen (secondary N) is 2. The Morgan fingerprint density at radius 2 is 1.85 bits per heavy atom. The van der Waals surface area contributed by atoms with Crippen molar-refractivity contribution >= 4 is 40.7 Å². The monoisotopic (exact) mass is 398 g/mol. The van der Waals surface area contributed by atoms with Crippen molar-refractivity contribution in [2.45, 2.75) is 25.7 Å². The maximum Gasteiger partial charge on any atom is 0.232 e. The lowest BCUT2D eigenvalue weighted by molar-refractivity contribution is 0.0389. The Kier molecular flexibility index (Phi) is 7.67. The number of ether oxygens (including phenoxy) is 1. The summed E-state index contributed by atoms with van der Waals surface area (Å²) in [5.74, 6) is 1.31. The van der Waals surface area contributed by atoms with Crippen LogP contribution in [0.5, 0.6) is 0 Å². The topological polar surface area (TPSA) is 65.6 Å². The molecule has 1 aromatic heterocycles. The highest BCUT2D eigenvalue weighted by Crippen LogP contribution is 2.21. The Bertz CT molecular complexity index is 591. The van der Waals surface area contributed by atoms with Crippen molar-refractivity contribution in [3.05, 3.63) is 11.2 Å².